The number of ether oxygens (including phenoxy) is 1. The lowest BCUT2D eigenvalue weighted by molar-refractivity contribution is -0.129. The fourth-order valence-electron chi connectivity index (χ4n) is 2.61. The number of halogens is 1. The Morgan fingerprint density at radius 1 is 0.917 bits per heavy atom. The van der Waals surface area contributed by atoms with Gasteiger partial charge in [0.05, 0.1) is 5.56 Å². The van der Waals surface area contributed by atoms with E-state index in [2.05, 4.69) is 4.99 Å². The average molecular weight is 317 g/mol. The summed E-state index contributed by atoms with van der Waals surface area (Å²) in [5.74, 6) is -1.07. The van der Waals surface area contributed by atoms with Crippen molar-refractivity contribution in [1.82, 2.24) is 0 Å². The highest BCUT2D eigenvalue weighted by molar-refractivity contribution is 6.13. The van der Waals surface area contributed by atoms with Gasteiger partial charge in [-0.1, -0.05) is 48.5 Å². The van der Waals surface area contributed by atoms with Crippen molar-refractivity contribution in [3.8, 4) is 0 Å². The van der Waals surface area contributed by atoms with Crippen LogP contribution in [0.5, 0.6) is 0 Å². The molecule has 0 fully saturated rings. The van der Waals surface area contributed by atoms with Crippen LogP contribution in [0, 0.1) is 5.82 Å². The number of carbonyl (C=O) groups is 1. The lowest BCUT2D eigenvalue weighted by Gasteiger charge is -1.99. The van der Waals surface area contributed by atoms with Crippen molar-refractivity contribution in [2.75, 3.05) is 0 Å². The number of fused-ring (bicyclic) bond motifs is 1. The molecule has 1 aliphatic heterocycles. The lowest BCUT2D eigenvalue weighted by Crippen LogP contribution is -2.07. The van der Waals surface area contributed by atoms with Gasteiger partial charge in [-0.15, -0.1) is 0 Å². The maximum Gasteiger partial charge on any atom is 0.363 e. The van der Waals surface area contributed by atoms with E-state index < -0.39 is 11.8 Å². The van der Waals surface area contributed by atoms with Gasteiger partial charge in [-0.05, 0) is 40.6 Å². The molecule has 3 aromatic rings. The number of nitrogens with zero attached hydrogens (tertiary/aromatic N) is 1. The predicted octanol–water partition coefficient (Wildman–Crippen LogP) is 4.32. The van der Waals surface area contributed by atoms with Crippen molar-refractivity contribution in [3.63, 3.8) is 0 Å². The fourth-order valence-corrected chi connectivity index (χ4v) is 2.61. The topological polar surface area (TPSA) is 38.7 Å². The second-order valence-electron chi connectivity index (χ2n) is 5.42. The molecule has 0 radical (unpaired) electrons. The van der Waals surface area contributed by atoms with Gasteiger partial charge in [0.1, 0.15) is 5.82 Å². The molecule has 1 aliphatic rings. The Kier molecular flexibility index (Phi) is 3.43. The Morgan fingerprint density at radius 2 is 1.67 bits per heavy atom. The van der Waals surface area contributed by atoms with E-state index in [1.807, 2.05) is 42.5 Å². The third-order valence-electron chi connectivity index (χ3n) is 3.80. The van der Waals surface area contributed by atoms with Crippen molar-refractivity contribution in [2.24, 2.45) is 4.99 Å². The molecule has 1 heterocycles. The van der Waals surface area contributed by atoms with Crippen LogP contribution >= 0.6 is 0 Å². The Hall–Kier alpha value is -3.27. The molecule has 0 aromatic heterocycles. The van der Waals surface area contributed by atoms with E-state index >= 15 is 0 Å². The number of carbonyl (C=O) groups excluding carboxylic acids is 1. The summed E-state index contributed by atoms with van der Waals surface area (Å²) in [6, 6.07) is 19.9. The highest BCUT2D eigenvalue weighted by Crippen LogP contribution is 2.22. The number of aliphatic imine (C=N–C) groups is 1. The van der Waals surface area contributed by atoms with Gasteiger partial charge in [0.2, 0.25) is 5.90 Å². The van der Waals surface area contributed by atoms with Crippen LogP contribution < -0.4 is 0 Å². The van der Waals surface area contributed by atoms with Crippen molar-refractivity contribution < 1.29 is 13.9 Å². The summed E-state index contributed by atoms with van der Waals surface area (Å²) >= 11 is 0. The second-order valence-corrected chi connectivity index (χ2v) is 5.42. The van der Waals surface area contributed by atoms with Crippen LogP contribution in [-0.2, 0) is 9.53 Å². The molecule has 0 spiro atoms. The number of rotatable bonds is 2. The maximum absolute atomic E-state index is 13.8. The Labute approximate surface area is 137 Å². The van der Waals surface area contributed by atoms with E-state index in [4.69, 9.17) is 4.74 Å². The van der Waals surface area contributed by atoms with E-state index in [-0.39, 0.29) is 17.2 Å². The first-order valence-electron chi connectivity index (χ1n) is 7.47. The van der Waals surface area contributed by atoms with Crippen molar-refractivity contribution in [3.05, 3.63) is 89.4 Å². The number of benzene rings is 3. The number of hydrogen-bond donors (Lipinski definition) is 0. The van der Waals surface area contributed by atoms with Crippen molar-refractivity contribution >= 4 is 28.7 Å². The van der Waals surface area contributed by atoms with Crippen molar-refractivity contribution in [1.29, 1.82) is 0 Å². The first-order chi connectivity index (χ1) is 11.7. The van der Waals surface area contributed by atoms with Gasteiger partial charge in [-0.2, -0.15) is 0 Å². The van der Waals surface area contributed by atoms with Crippen molar-refractivity contribution in [2.45, 2.75) is 0 Å². The molecule has 4 heteroatoms. The van der Waals surface area contributed by atoms with Crippen LogP contribution in [0.1, 0.15) is 11.1 Å². The predicted molar refractivity (Wildman–Crippen MR) is 91.0 cm³/mol. The van der Waals surface area contributed by atoms with Gasteiger partial charge < -0.3 is 4.74 Å². The minimum Gasteiger partial charge on any atom is -0.402 e. The summed E-state index contributed by atoms with van der Waals surface area (Å²) in [6.07, 6.45) is 1.64. The highest BCUT2D eigenvalue weighted by atomic mass is 19.1. The number of hydrogen-bond acceptors (Lipinski definition) is 3. The van der Waals surface area contributed by atoms with Gasteiger partial charge in [0.25, 0.3) is 0 Å². The van der Waals surface area contributed by atoms with Crippen LogP contribution in [0.4, 0.5) is 4.39 Å². The molecule has 0 bridgehead atoms. The molecule has 0 N–H and O–H groups in total. The minimum atomic E-state index is -0.582. The molecule has 3 aromatic carbocycles. The normalized spacial score (nSPS) is 15.6. The SMILES string of the molecule is O=C1OC(c2ccccc2F)=N/C1=C/c1ccc2ccccc2c1. The monoisotopic (exact) mass is 317 g/mol. The number of esters is 1. The summed E-state index contributed by atoms with van der Waals surface area (Å²) in [6.45, 7) is 0. The number of cyclic esters (lactones) is 1. The quantitative estimate of drug-likeness (QED) is 0.521. The highest BCUT2D eigenvalue weighted by Gasteiger charge is 2.25. The van der Waals surface area contributed by atoms with E-state index in [9.17, 15) is 9.18 Å². The Morgan fingerprint density at radius 3 is 2.50 bits per heavy atom. The second kappa shape index (κ2) is 5.74. The zero-order valence-corrected chi connectivity index (χ0v) is 12.6. The molecule has 116 valence electrons. The van der Waals surface area contributed by atoms with Crippen LogP contribution in [0.2, 0.25) is 0 Å². The maximum atomic E-state index is 13.8. The molecular formula is C20H12FNO2. The lowest BCUT2D eigenvalue weighted by atomic mass is 10.1. The third-order valence-corrected chi connectivity index (χ3v) is 3.80. The Bertz CT molecular complexity index is 1020. The molecule has 0 aliphatic carbocycles. The summed E-state index contributed by atoms with van der Waals surface area (Å²) < 4.78 is 18.9. The molecule has 0 saturated heterocycles. The van der Waals surface area contributed by atoms with Gasteiger partial charge in [0, 0.05) is 0 Å². The molecule has 0 unspecified atom stereocenters. The molecular weight excluding hydrogens is 305 g/mol. The van der Waals surface area contributed by atoms with Gasteiger partial charge in [0.15, 0.2) is 5.70 Å². The van der Waals surface area contributed by atoms with Gasteiger partial charge in [-0.3, -0.25) is 0 Å². The molecule has 24 heavy (non-hydrogen) atoms. The molecule has 4 rings (SSSR count). The molecule has 0 amide bonds. The Balaban J connectivity index is 1.73. The summed E-state index contributed by atoms with van der Waals surface area (Å²) in [5, 5.41) is 2.18. The first kappa shape index (κ1) is 14.3. The van der Waals surface area contributed by atoms with Gasteiger partial charge >= 0.3 is 5.97 Å². The van der Waals surface area contributed by atoms with Gasteiger partial charge in [-0.25, -0.2) is 14.2 Å². The average Bonchev–Trinajstić information content (AvgIpc) is 2.96. The fraction of sp³-hybridized carbons (Fsp3) is 0. The van der Waals surface area contributed by atoms with E-state index in [1.54, 1.807) is 18.2 Å². The summed E-state index contributed by atoms with van der Waals surface area (Å²) in [7, 11) is 0. The third kappa shape index (κ3) is 2.58. The van der Waals surface area contributed by atoms with E-state index in [1.165, 1.54) is 12.1 Å². The largest absolute Gasteiger partial charge is 0.402 e. The van der Waals surface area contributed by atoms with Crippen LogP contribution in [0.3, 0.4) is 0 Å². The summed E-state index contributed by atoms with van der Waals surface area (Å²) in [4.78, 5) is 16.2. The van der Waals surface area contributed by atoms with E-state index in [0.717, 1.165) is 16.3 Å². The van der Waals surface area contributed by atoms with Crippen LogP contribution in [0.25, 0.3) is 16.8 Å². The molecule has 0 atom stereocenters. The first-order valence-corrected chi connectivity index (χ1v) is 7.47. The van der Waals surface area contributed by atoms with Crippen LogP contribution in [0.15, 0.2) is 77.4 Å². The standard InChI is InChI=1S/C20H12FNO2/c21-17-8-4-3-7-16(17)19-22-18(20(23)24-19)12-13-9-10-14-5-1-2-6-15(14)11-13/h1-12H/b18-12+. The minimum absolute atomic E-state index is 0.00913. The smallest absolute Gasteiger partial charge is 0.363 e. The molecule has 0 saturated carbocycles. The zero-order chi connectivity index (χ0) is 16.5. The summed E-state index contributed by atoms with van der Waals surface area (Å²) in [5.41, 5.74) is 1.16. The van der Waals surface area contributed by atoms with Crippen LogP contribution in [-0.4, -0.2) is 11.9 Å². The van der Waals surface area contributed by atoms with E-state index in [0.29, 0.717) is 0 Å². The molecule has 3 nitrogen and oxygen atoms in total. The zero-order valence-electron chi connectivity index (χ0n) is 12.6.